The lowest BCUT2D eigenvalue weighted by atomic mass is 9.82. The summed E-state index contributed by atoms with van der Waals surface area (Å²) in [6.45, 7) is 4.72. The standard InChI is InChI=1S/C63H43NO/c1-63(2)56-28-16-15-24-49(56)50-34-33-44(39-57(50)63)64(43-31-29-41(30-32-43)40-17-5-3-6-18-40)58-38-37-48(45-21-9-12-25-51(45)58)53-35-36-55-60-52-26-13-10-22-46(52)47-23-11-14-27-54(47)61(60)65-62(55)59(53)42-19-7-4-8-20-42/h3-39H,1-2H3. The molecule has 1 heterocycles. The molecule has 2 nitrogen and oxygen atoms in total. The van der Waals surface area contributed by atoms with E-state index in [0.717, 1.165) is 66.6 Å². The zero-order valence-corrected chi connectivity index (χ0v) is 36.2. The Morgan fingerprint density at radius 1 is 0.338 bits per heavy atom. The molecule has 0 amide bonds. The van der Waals surface area contributed by atoms with Crippen LogP contribution >= 0.6 is 0 Å². The maximum absolute atomic E-state index is 7.22. The van der Waals surface area contributed by atoms with Crippen molar-refractivity contribution in [3.05, 3.63) is 236 Å². The maximum Gasteiger partial charge on any atom is 0.143 e. The highest BCUT2D eigenvalue weighted by molar-refractivity contribution is 6.31. The Morgan fingerprint density at radius 2 is 0.877 bits per heavy atom. The lowest BCUT2D eigenvalue weighted by Crippen LogP contribution is -2.16. The van der Waals surface area contributed by atoms with E-state index in [1.165, 1.54) is 60.3 Å². The first kappa shape index (κ1) is 37.4. The first-order chi connectivity index (χ1) is 32.0. The zero-order valence-electron chi connectivity index (χ0n) is 36.2. The Hall–Kier alpha value is -8.20. The Balaban J connectivity index is 1.05. The van der Waals surface area contributed by atoms with Crippen LogP contribution in [0.25, 0.3) is 98.8 Å². The van der Waals surface area contributed by atoms with Gasteiger partial charge in [0.15, 0.2) is 0 Å². The topological polar surface area (TPSA) is 16.4 Å². The second-order valence-electron chi connectivity index (χ2n) is 18.0. The summed E-state index contributed by atoms with van der Waals surface area (Å²) in [5, 5.41) is 9.40. The quantitative estimate of drug-likeness (QED) is 0.155. The highest BCUT2D eigenvalue weighted by atomic mass is 16.3. The van der Waals surface area contributed by atoms with E-state index in [1.54, 1.807) is 0 Å². The normalized spacial score (nSPS) is 12.9. The Morgan fingerprint density at radius 3 is 1.63 bits per heavy atom. The van der Waals surface area contributed by atoms with Crippen LogP contribution in [0.4, 0.5) is 17.1 Å². The van der Waals surface area contributed by atoms with Crippen molar-refractivity contribution >= 4 is 71.3 Å². The van der Waals surface area contributed by atoms with Gasteiger partial charge in [-0.05, 0) is 108 Å². The zero-order chi connectivity index (χ0) is 43.2. The summed E-state index contributed by atoms with van der Waals surface area (Å²) in [7, 11) is 0. The van der Waals surface area contributed by atoms with Gasteiger partial charge in [-0.3, -0.25) is 0 Å². The first-order valence-electron chi connectivity index (χ1n) is 22.6. The predicted octanol–water partition coefficient (Wildman–Crippen LogP) is 17.8. The van der Waals surface area contributed by atoms with Crippen molar-refractivity contribution in [2.75, 3.05) is 4.90 Å². The third-order valence-corrected chi connectivity index (χ3v) is 14.1. The van der Waals surface area contributed by atoms with E-state index in [4.69, 9.17) is 4.42 Å². The lowest BCUT2D eigenvalue weighted by molar-refractivity contribution is 0.660. The minimum absolute atomic E-state index is 0.140. The Labute approximate surface area is 378 Å². The molecular weight excluding hydrogens is 787 g/mol. The van der Waals surface area contributed by atoms with Crippen LogP contribution in [-0.4, -0.2) is 0 Å². The largest absolute Gasteiger partial charge is 0.455 e. The molecule has 0 unspecified atom stereocenters. The number of nitrogens with zero attached hydrogens (tertiary/aromatic N) is 1. The molecule has 1 aliphatic rings. The van der Waals surface area contributed by atoms with Crippen molar-refractivity contribution in [3.8, 4) is 44.5 Å². The summed E-state index contributed by atoms with van der Waals surface area (Å²) in [6.07, 6.45) is 0. The van der Waals surface area contributed by atoms with E-state index in [-0.39, 0.29) is 5.41 Å². The van der Waals surface area contributed by atoms with Crippen molar-refractivity contribution < 1.29 is 4.42 Å². The van der Waals surface area contributed by atoms with Gasteiger partial charge in [0.1, 0.15) is 11.2 Å². The van der Waals surface area contributed by atoms with E-state index >= 15 is 0 Å². The van der Waals surface area contributed by atoms with Crippen molar-refractivity contribution in [1.29, 1.82) is 0 Å². The van der Waals surface area contributed by atoms with Crippen LogP contribution in [0.2, 0.25) is 0 Å². The highest BCUT2D eigenvalue weighted by Crippen LogP contribution is 2.52. The summed E-state index contributed by atoms with van der Waals surface area (Å²) < 4.78 is 7.22. The van der Waals surface area contributed by atoms with Gasteiger partial charge in [-0.25, -0.2) is 0 Å². The minimum Gasteiger partial charge on any atom is -0.455 e. The molecule has 0 fully saturated rings. The van der Waals surface area contributed by atoms with E-state index in [9.17, 15) is 0 Å². The van der Waals surface area contributed by atoms with E-state index in [2.05, 4.69) is 243 Å². The molecule has 11 aromatic carbocycles. The van der Waals surface area contributed by atoms with Crippen molar-refractivity contribution in [2.45, 2.75) is 19.3 Å². The summed E-state index contributed by atoms with van der Waals surface area (Å²) in [6, 6.07) is 82.0. The minimum atomic E-state index is -0.140. The molecule has 1 aromatic heterocycles. The molecule has 13 rings (SSSR count). The number of furan rings is 1. The molecule has 0 atom stereocenters. The van der Waals surface area contributed by atoms with Crippen LogP contribution in [0.3, 0.4) is 0 Å². The summed E-state index contributed by atoms with van der Waals surface area (Å²) in [5.74, 6) is 0. The lowest BCUT2D eigenvalue weighted by Gasteiger charge is -2.29. The van der Waals surface area contributed by atoms with Gasteiger partial charge in [-0.15, -0.1) is 0 Å². The van der Waals surface area contributed by atoms with Gasteiger partial charge in [0, 0.05) is 43.9 Å². The molecule has 2 heteroatoms. The number of anilines is 3. The second-order valence-corrected chi connectivity index (χ2v) is 18.0. The monoisotopic (exact) mass is 829 g/mol. The highest BCUT2D eigenvalue weighted by Gasteiger charge is 2.36. The van der Waals surface area contributed by atoms with E-state index in [0.29, 0.717) is 0 Å². The molecule has 0 saturated heterocycles. The van der Waals surface area contributed by atoms with Crippen molar-refractivity contribution in [2.24, 2.45) is 0 Å². The van der Waals surface area contributed by atoms with Crippen LogP contribution < -0.4 is 4.90 Å². The average Bonchev–Trinajstić information content (AvgIpc) is 3.87. The summed E-state index contributed by atoms with van der Waals surface area (Å²) in [4.78, 5) is 2.46. The van der Waals surface area contributed by atoms with Crippen LogP contribution in [0, 0.1) is 0 Å². The fourth-order valence-corrected chi connectivity index (χ4v) is 11.0. The smallest absolute Gasteiger partial charge is 0.143 e. The molecule has 0 saturated carbocycles. The fourth-order valence-electron chi connectivity index (χ4n) is 11.0. The molecule has 12 aromatic rings. The second kappa shape index (κ2) is 14.4. The SMILES string of the molecule is CC1(C)c2ccccc2-c2ccc(N(c3ccc(-c4ccccc4)cc3)c3ccc(-c4ccc5c(oc6c7ccccc7c7ccccc7c56)c4-c4ccccc4)c4ccccc34)cc21. The van der Waals surface area contributed by atoms with Crippen LogP contribution in [0.1, 0.15) is 25.0 Å². The first-order valence-corrected chi connectivity index (χ1v) is 22.6. The fraction of sp³-hybridized carbons (Fsp3) is 0.0476. The Kier molecular flexibility index (Phi) is 8.29. The summed E-state index contributed by atoms with van der Waals surface area (Å²) in [5.41, 5.74) is 17.3. The molecule has 0 bridgehead atoms. The number of fused-ring (bicyclic) bond motifs is 12. The van der Waals surface area contributed by atoms with Crippen molar-refractivity contribution in [3.63, 3.8) is 0 Å². The van der Waals surface area contributed by atoms with Crippen LogP contribution in [-0.2, 0) is 5.41 Å². The third kappa shape index (κ3) is 5.67. The van der Waals surface area contributed by atoms with Crippen LogP contribution in [0.5, 0.6) is 0 Å². The number of hydrogen-bond acceptors (Lipinski definition) is 2. The van der Waals surface area contributed by atoms with Gasteiger partial charge < -0.3 is 9.32 Å². The average molecular weight is 830 g/mol. The molecule has 306 valence electrons. The molecule has 1 aliphatic carbocycles. The van der Waals surface area contributed by atoms with Gasteiger partial charge >= 0.3 is 0 Å². The molecule has 0 spiro atoms. The van der Waals surface area contributed by atoms with Gasteiger partial charge in [0.05, 0.1) is 5.69 Å². The van der Waals surface area contributed by atoms with Gasteiger partial charge in [-0.1, -0.05) is 202 Å². The molecule has 0 N–H and O–H groups in total. The van der Waals surface area contributed by atoms with Crippen molar-refractivity contribution in [1.82, 2.24) is 0 Å². The third-order valence-electron chi connectivity index (χ3n) is 14.1. The van der Waals surface area contributed by atoms with Gasteiger partial charge in [-0.2, -0.15) is 0 Å². The number of rotatable bonds is 6. The molecule has 0 aliphatic heterocycles. The van der Waals surface area contributed by atoms with E-state index in [1.807, 2.05) is 0 Å². The summed E-state index contributed by atoms with van der Waals surface area (Å²) >= 11 is 0. The predicted molar refractivity (Wildman–Crippen MR) is 275 cm³/mol. The van der Waals surface area contributed by atoms with Gasteiger partial charge in [0.25, 0.3) is 0 Å². The number of hydrogen-bond donors (Lipinski definition) is 0. The maximum atomic E-state index is 7.22. The molecule has 65 heavy (non-hydrogen) atoms. The molecular formula is C63H43NO. The van der Waals surface area contributed by atoms with Crippen LogP contribution in [0.15, 0.2) is 229 Å². The Bertz CT molecular complexity index is 3840. The van der Waals surface area contributed by atoms with E-state index < -0.39 is 0 Å². The van der Waals surface area contributed by atoms with Gasteiger partial charge in [0.2, 0.25) is 0 Å². The molecule has 0 radical (unpaired) electrons. The number of benzene rings is 11.